The Labute approximate surface area is 350 Å². The highest BCUT2D eigenvalue weighted by Crippen LogP contribution is 2.39. The Bertz CT molecular complexity index is 2370. The summed E-state index contributed by atoms with van der Waals surface area (Å²) in [6, 6.07) is 14.7. The molecule has 0 spiro atoms. The van der Waals surface area contributed by atoms with Crippen LogP contribution >= 0.6 is 0 Å². The topological polar surface area (TPSA) is 175 Å². The Morgan fingerprint density at radius 1 is 0.984 bits per heavy atom. The maximum Gasteiger partial charge on any atom is 0.414 e. The fourth-order valence-corrected chi connectivity index (χ4v) is 7.16. The molecule has 3 aliphatic rings. The number of benzene rings is 3. The molecule has 324 valence electrons. The molecule has 15 nitrogen and oxygen atoms in total. The van der Waals surface area contributed by atoms with Gasteiger partial charge in [-0.25, -0.2) is 28.0 Å². The van der Waals surface area contributed by atoms with Crippen LogP contribution in [0.4, 0.5) is 29.7 Å². The fraction of sp³-hybridized carbons (Fsp3) is 0.432. The van der Waals surface area contributed by atoms with E-state index in [4.69, 9.17) is 23.7 Å². The van der Waals surface area contributed by atoms with Crippen LogP contribution in [0.15, 0.2) is 71.7 Å². The van der Waals surface area contributed by atoms with Crippen molar-refractivity contribution in [3.8, 4) is 5.75 Å². The molecule has 0 radical (unpaired) electrons. The second-order valence-corrected chi connectivity index (χ2v) is 16.6. The van der Waals surface area contributed by atoms with Gasteiger partial charge in [0.15, 0.2) is 17.7 Å². The average molecular weight is 847 g/mol. The first-order chi connectivity index (χ1) is 29.0. The number of carbonyl (C=O) groups excluding carboxylic acids is 4. The lowest BCUT2D eigenvalue weighted by Crippen LogP contribution is -2.48. The van der Waals surface area contributed by atoms with Crippen LogP contribution in [0.25, 0.3) is 10.9 Å². The monoisotopic (exact) mass is 846 g/mol. The molecule has 0 unspecified atom stereocenters. The second kappa shape index (κ2) is 17.4. The maximum atomic E-state index is 15.8. The summed E-state index contributed by atoms with van der Waals surface area (Å²) in [5.74, 6) is -3.16. The van der Waals surface area contributed by atoms with E-state index in [9.17, 15) is 29.1 Å². The average Bonchev–Trinajstić information content (AvgIpc) is 3.99. The normalized spacial score (nSPS) is 18.0. The number of aliphatic hydroxyl groups is 1. The lowest BCUT2D eigenvalue weighted by molar-refractivity contribution is -0.148. The number of halogens is 2. The van der Waals surface area contributed by atoms with Gasteiger partial charge in [0.05, 0.1) is 23.4 Å². The van der Waals surface area contributed by atoms with Crippen molar-refractivity contribution in [2.45, 2.75) is 89.4 Å². The van der Waals surface area contributed by atoms with E-state index >= 15 is 8.78 Å². The number of cyclic esters (lactones) is 1. The third kappa shape index (κ3) is 10.2. The number of alkyl carbamates (subject to hydrolysis) is 1. The smallest absolute Gasteiger partial charge is 0.414 e. The minimum absolute atomic E-state index is 0.0117. The van der Waals surface area contributed by atoms with E-state index in [1.165, 1.54) is 30.2 Å². The predicted molar refractivity (Wildman–Crippen MR) is 218 cm³/mol. The number of aromatic nitrogens is 1. The Hall–Kier alpha value is -6.23. The van der Waals surface area contributed by atoms with Crippen LogP contribution in [0.5, 0.6) is 5.75 Å². The van der Waals surface area contributed by atoms with Gasteiger partial charge in [-0.1, -0.05) is 30.3 Å². The number of anilines is 2. The molecule has 7 rings (SSSR count). The van der Waals surface area contributed by atoms with Gasteiger partial charge in [0.2, 0.25) is 5.43 Å². The first-order valence-corrected chi connectivity index (χ1v) is 20.1. The van der Waals surface area contributed by atoms with Crippen LogP contribution in [0.2, 0.25) is 0 Å². The molecule has 1 aromatic heterocycles. The van der Waals surface area contributed by atoms with E-state index in [1.54, 1.807) is 43.9 Å². The molecule has 4 aromatic rings. The number of esters is 2. The number of ether oxygens (including phenoxy) is 5. The summed E-state index contributed by atoms with van der Waals surface area (Å²) >= 11 is 0. The second-order valence-electron chi connectivity index (χ2n) is 16.6. The summed E-state index contributed by atoms with van der Waals surface area (Å²) in [5, 5.41) is 13.8. The molecule has 2 N–H and O–H groups in total. The van der Waals surface area contributed by atoms with Gasteiger partial charge in [0, 0.05) is 36.8 Å². The largest absolute Gasteiger partial charge is 0.488 e. The van der Waals surface area contributed by atoms with Crippen LogP contribution in [-0.2, 0) is 30.3 Å². The lowest BCUT2D eigenvalue weighted by Gasteiger charge is -2.39. The van der Waals surface area contributed by atoms with Gasteiger partial charge in [-0.2, -0.15) is 0 Å². The van der Waals surface area contributed by atoms with Crippen LogP contribution in [0.3, 0.4) is 0 Å². The molecule has 2 saturated heterocycles. The number of fused-ring (bicyclic) bond motifs is 1. The molecule has 0 bridgehead atoms. The van der Waals surface area contributed by atoms with Gasteiger partial charge in [-0.15, -0.1) is 0 Å². The van der Waals surface area contributed by atoms with E-state index in [2.05, 4.69) is 5.32 Å². The molecular weight excluding hydrogens is 798 g/mol. The van der Waals surface area contributed by atoms with E-state index in [0.29, 0.717) is 5.52 Å². The number of pyridine rings is 1. The summed E-state index contributed by atoms with van der Waals surface area (Å²) in [4.78, 5) is 66.5. The third-order valence-electron chi connectivity index (χ3n) is 10.6. The predicted octanol–water partition coefficient (Wildman–Crippen LogP) is 6.16. The molecule has 2 aliphatic heterocycles. The molecule has 3 heterocycles. The molecule has 2 atom stereocenters. The number of amides is 2. The minimum atomic E-state index is -1.37. The zero-order valence-electron chi connectivity index (χ0n) is 34.3. The summed E-state index contributed by atoms with van der Waals surface area (Å²) < 4.78 is 59.8. The van der Waals surface area contributed by atoms with Crippen LogP contribution in [-0.4, -0.2) is 90.0 Å². The lowest BCUT2D eigenvalue weighted by atomic mass is 9.92. The number of piperidine rings is 1. The van der Waals surface area contributed by atoms with Crippen molar-refractivity contribution in [1.82, 2.24) is 9.88 Å². The van der Waals surface area contributed by atoms with Crippen LogP contribution < -0.4 is 25.3 Å². The van der Waals surface area contributed by atoms with Crippen molar-refractivity contribution in [1.29, 1.82) is 0 Å². The molecular formula is C44H48F2N4O11. The number of hydrogen-bond donors (Lipinski definition) is 2. The first kappa shape index (κ1) is 42.9. The van der Waals surface area contributed by atoms with Crippen molar-refractivity contribution in [3.63, 3.8) is 0 Å². The molecule has 3 aromatic carbocycles. The highest BCUT2D eigenvalue weighted by molar-refractivity contribution is 5.95. The van der Waals surface area contributed by atoms with Crippen molar-refractivity contribution in [2.24, 2.45) is 0 Å². The molecule has 61 heavy (non-hydrogen) atoms. The maximum absolute atomic E-state index is 15.8. The number of nitrogens with zero attached hydrogens (tertiary/aromatic N) is 3. The SMILES string of the molecule is C[C@H](NC(=O)OC(C)(C)C)C(=O)OC[C@H]1CN(c2ccc(OCC3(O)CCN(c4cc5c(cc4F)c(=O)c(C(=O)OCc4ccccc4)cn5C4CC4)CC3)c(F)c2)C(=O)O1. The number of hydrogen-bond acceptors (Lipinski definition) is 12. The molecule has 1 aliphatic carbocycles. The van der Waals surface area contributed by atoms with E-state index < -0.39 is 64.5 Å². The quantitative estimate of drug-likeness (QED) is 0.116. The highest BCUT2D eigenvalue weighted by atomic mass is 19.1. The van der Waals surface area contributed by atoms with Gasteiger partial charge in [0.1, 0.15) is 48.4 Å². The molecule has 3 fully saturated rings. The van der Waals surface area contributed by atoms with Crippen LogP contribution in [0, 0.1) is 11.6 Å². The number of rotatable bonds is 13. The zero-order valence-corrected chi connectivity index (χ0v) is 34.3. The Morgan fingerprint density at radius 2 is 1.70 bits per heavy atom. The molecule has 2 amide bonds. The van der Waals surface area contributed by atoms with Gasteiger partial charge < -0.3 is 43.6 Å². The summed E-state index contributed by atoms with van der Waals surface area (Å²) in [6.45, 7) is 6.30. The van der Waals surface area contributed by atoms with Gasteiger partial charge in [-0.05, 0) is 83.2 Å². The van der Waals surface area contributed by atoms with Crippen molar-refractivity contribution in [3.05, 3.63) is 99.8 Å². The van der Waals surface area contributed by atoms with Gasteiger partial charge in [0.25, 0.3) is 0 Å². The summed E-state index contributed by atoms with van der Waals surface area (Å²) in [6.07, 6.45) is 1.07. The third-order valence-corrected chi connectivity index (χ3v) is 10.6. The standard InChI is InChI=1S/C44H48F2N4O11/c1-26(47-41(54)61-43(2,3)4)39(52)58-24-30-21-50(42(55)60-30)29-12-13-37(34(46)18-29)59-25-44(56)14-16-48(17-15-44)36-20-35-31(19-33(36)45)38(51)32(22-49(35)28-10-11-28)40(53)57-23-27-8-6-5-7-9-27/h5-9,12-13,18-20,22,26,28,30,56H,10-11,14-17,21,23-25H2,1-4H3,(H,47,54)/t26-,30+/m0/s1. The van der Waals surface area contributed by atoms with E-state index in [-0.39, 0.29) is 86.4 Å². The van der Waals surface area contributed by atoms with Gasteiger partial charge >= 0.3 is 24.1 Å². The molecule has 1 saturated carbocycles. The minimum Gasteiger partial charge on any atom is -0.488 e. The number of nitrogens with one attached hydrogen (secondary N) is 1. The van der Waals surface area contributed by atoms with E-state index in [0.717, 1.165) is 30.5 Å². The molecule has 17 heteroatoms. The van der Waals surface area contributed by atoms with E-state index in [1.807, 2.05) is 22.8 Å². The highest BCUT2D eigenvalue weighted by Gasteiger charge is 2.37. The van der Waals surface area contributed by atoms with Crippen molar-refractivity contribution < 1.29 is 56.7 Å². The first-order valence-electron chi connectivity index (χ1n) is 20.1. The Morgan fingerprint density at radius 3 is 2.38 bits per heavy atom. The van der Waals surface area contributed by atoms with Crippen molar-refractivity contribution in [2.75, 3.05) is 42.6 Å². The fourth-order valence-electron chi connectivity index (χ4n) is 7.16. The van der Waals surface area contributed by atoms with Crippen molar-refractivity contribution >= 4 is 46.4 Å². The summed E-state index contributed by atoms with van der Waals surface area (Å²) in [5.41, 5.74) is -1.24. The number of carbonyl (C=O) groups is 4. The van der Waals surface area contributed by atoms with Gasteiger partial charge in [-0.3, -0.25) is 9.69 Å². The summed E-state index contributed by atoms with van der Waals surface area (Å²) in [7, 11) is 0. The Balaban J connectivity index is 0.931. The Kier molecular flexibility index (Phi) is 12.2. The zero-order chi connectivity index (χ0) is 43.6. The van der Waals surface area contributed by atoms with Crippen LogP contribution in [0.1, 0.15) is 75.3 Å².